The van der Waals surface area contributed by atoms with Gasteiger partial charge in [-0.05, 0) is 36.8 Å². The molecule has 0 aliphatic heterocycles. The summed E-state index contributed by atoms with van der Waals surface area (Å²) in [6, 6.07) is 10.9. The highest BCUT2D eigenvalue weighted by atomic mass is 16.6. The lowest BCUT2D eigenvalue weighted by Gasteiger charge is -2.11. The Labute approximate surface area is 143 Å². The number of nitrogens with zero attached hydrogens (tertiary/aromatic N) is 2. The molecule has 0 heterocycles. The number of hydrogen-bond acceptors (Lipinski definition) is 6. The molecular weight excluding hydrogens is 324 g/mol. The van der Waals surface area contributed by atoms with E-state index in [-0.39, 0.29) is 22.6 Å². The lowest BCUT2D eigenvalue weighted by atomic mass is 10.1. The van der Waals surface area contributed by atoms with Gasteiger partial charge in [-0.25, -0.2) is 4.79 Å². The fourth-order valence-corrected chi connectivity index (χ4v) is 2.20. The van der Waals surface area contributed by atoms with Crippen molar-refractivity contribution in [3.63, 3.8) is 0 Å². The van der Waals surface area contributed by atoms with Gasteiger partial charge < -0.3 is 9.47 Å². The third-order valence-corrected chi connectivity index (χ3v) is 3.46. The van der Waals surface area contributed by atoms with Crippen LogP contribution >= 0.6 is 0 Å². The lowest BCUT2D eigenvalue weighted by molar-refractivity contribution is -0.385. The molecule has 7 nitrogen and oxygen atoms in total. The second-order valence-electron chi connectivity index (χ2n) is 4.97. The average molecular weight is 338 g/mol. The molecule has 0 N–H and O–H groups in total. The first-order valence-electron chi connectivity index (χ1n) is 7.18. The number of esters is 1. The maximum atomic E-state index is 12.4. The van der Waals surface area contributed by atoms with Crippen molar-refractivity contribution in [2.45, 2.75) is 6.92 Å². The number of nitriles is 1. The highest BCUT2D eigenvalue weighted by Gasteiger charge is 2.20. The normalized spacial score (nSPS) is 10.3. The van der Waals surface area contributed by atoms with Crippen molar-refractivity contribution < 1.29 is 19.2 Å². The summed E-state index contributed by atoms with van der Waals surface area (Å²) in [4.78, 5) is 22.8. The van der Waals surface area contributed by atoms with Gasteiger partial charge in [0.1, 0.15) is 0 Å². The van der Waals surface area contributed by atoms with Gasteiger partial charge in [-0.1, -0.05) is 12.1 Å². The molecule has 0 unspecified atom stereocenters. The number of carbonyl (C=O) groups excluding carboxylic acids is 1. The quantitative estimate of drug-likeness (QED) is 0.271. The molecular formula is C18H14N2O5. The number of benzene rings is 2. The van der Waals surface area contributed by atoms with E-state index < -0.39 is 10.9 Å². The smallest absolute Gasteiger partial charge is 0.344 e. The van der Waals surface area contributed by atoms with E-state index in [4.69, 9.17) is 14.7 Å². The van der Waals surface area contributed by atoms with Crippen LogP contribution in [0.15, 0.2) is 42.5 Å². The first-order chi connectivity index (χ1) is 12.0. The van der Waals surface area contributed by atoms with Crippen LogP contribution < -0.4 is 9.47 Å². The molecule has 2 rings (SSSR count). The molecule has 0 aliphatic carbocycles. The molecule has 126 valence electrons. The van der Waals surface area contributed by atoms with Crippen LogP contribution in [-0.2, 0) is 0 Å². The highest BCUT2D eigenvalue weighted by Crippen LogP contribution is 2.30. The van der Waals surface area contributed by atoms with Gasteiger partial charge >= 0.3 is 5.97 Å². The average Bonchev–Trinajstić information content (AvgIpc) is 2.60. The largest absolute Gasteiger partial charge is 0.493 e. The minimum absolute atomic E-state index is 0.102. The molecule has 0 atom stereocenters. The van der Waals surface area contributed by atoms with Crippen molar-refractivity contribution in [3.05, 3.63) is 69.3 Å². The Morgan fingerprint density at radius 1 is 1.28 bits per heavy atom. The molecule has 0 bridgehead atoms. The Morgan fingerprint density at radius 3 is 2.68 bits per heavy atom. The van der Waals surface area contributed by atoms with E-state index in [2.05, 4.69) is 0 Å². The van der Waals surface area contributed by atoms with Crippen LogP contribution in [0.3, 0.4) is 0 Å². The van der Waals surface area contributed by atoms with Crippen LogP contribution in [0.5, 0.6) is 11.5 Å². The summed E-state index contributed by atoms with van der Waals surface area (Å²) in [6.45, 7) is 1.49. The zero-order valence-electron chi connectivity index (χ0n) is 13.6. The minimum atomic E-state index is -0.722. The summed E-state index contributed by atoms with van der Waals surface area (Å²) in [5, 5.41) is 19.5. The summed E-state index contributed by atoms with van der Waals surface area (Å²) >= 11 is 0. The van der Waals surface area contributed by atoms with Gasteiger partial charge in [0.25, 0.3) is 5.69 Å². The molecule has 2 aromatic rings. The van der Waals surface area contributed by atoms with Crippen LogP contribution in [0.4, 0.5) is 5.69 Å². The first kappa shape index (κ1) is 17.7. The zero-order valence-corrected chi connectivity index (χ0v) is 13.6. The van der Waals surface area contributed by atoms with Gasteiger partial charge in [-0.2, -0.15) is 5.26 Å². The molecule has 25 heavy (non-hydrogen) atoms. The molecule has 0 radical (unpaired) electrons. The van der Waals surface area contributed by atoms with E-state index >= 15 is 0 Å². The van der Waals surface area contributed by atoms with Crippen molar-refractivity contribution in [3.8, 4) is 17.6 Å². The Bertz CT molecular complexity index is 897. The second-order valence-corrected chi connectivity index (χ2v) is 4.97. The third-order valence-electron chi connectivity index (χ3n) is 3.46. The summed E-state index contributed by atoms with van der Waals surface area (Å²) in [7, 11) is 1.42. The van der Waals surface area contributed by atoms with Crippen molar-refractivity contribution in [1.82, 2.24) is 0 Å². The van der Waals surface area contributed by atoms with Crippen molar-refractivity contribution in [2.24, 2.45) is 0 Å². The van der Waals surface area contributed by atoms with Crippen LogP contribution in [-0.4, -0.2) is 18.0 Å². The predicted molar refractivity (Wildman–Crippen MR) is 90.4 cm³/mol. The van der Waals surface area contributed by atoms with Crippen LogP contribution in [0.2, 0.25) is 0 Å². The van der Waals surface area contributed by atoms with Gasteiger partial charge in [-0.3, -0.25) is 10.1 Å². The fourth-order valence-electron chi connectivity index (χ4n) is 2.20. The van der Waals surface area contributed by atoms with Gasteiger partial charge in [0.15, 0.2) is 11.5 Å². The first-order valence-corrected chi connectivity index (χ1v) is 7.18. The number of nitro benzene ring substituents is 1. The molecule has 2 aromatic carbocycles. The van der Waals surface area contributed by atoms with Crippen molar-refractivity contribution >= 4 is 17.7 Å². The minimum Gasteiger partial charge on any atom is -0.493 e. The molecule has 0 amide bonds. The summed E-state index contributed by atoms with van der Waals surface area (Å²) in [5.41, 5.74) is 0.873. The Kier molecular flexibility index (Phi) is 5.48. The summed E-state index contributed by atoms with van der Waals surface area (Å²) in [5.74, 6) is -0.246. The number of rotatable bonds is 5. The Hall–Kier alpha value is -3.66. The van der Waals surface area contributed by atoms with E-state index in [0.29, 0.717) is 11.3 Å². The lowest BCUT2D eigenvalue weighted by Crippen LogP contribution is -2.12. The van der Waals surface area contributed by atoms with E-state index in [9.17, 15) is 14.9 Å². The Morgan fingerprint density at radius 2 is 2.04 bits per heavy atom. The monoisotopic (exact) mass is 338 g/mol. The molecule has 0 aliphatic rings. The second kappa shape index (κ2) is 7.75. The summed E-state index contributed by atoms with van der Waals surface area (Å²) in [6.07, 6.45) is 2.89. The van der Waals surface area contributed by atoms with E-state index in [1.165, 1.54) is 44.4 Å². The predicted octanol–water partition coefficient (Wildman–Crippen LogP) is 3.67. The van der Waals surface area contributed by atoms with Crippen molar-refractivity contribution in [2.75, 3.05) is 7.11 Å². The maximum absolute atomic E-state index is 12.4. The van der Waals surface area contributed by atoms with E-state index in [1.54, 1.807) is 18.2 Å². The standard InChI is InChI=1S/C18H14N2O5/c1-12-14(6-3-7-15(12)20(22)23)18(21)25-16-9-8-13(5-4-10-19)11-17(16)24-2/h3-9,11H,1-2H3/b5-4-. The molecule has 7 heteroatoms. The van der Waals surface area contributed by atoms with Crippen LogP contribution in [0.25, 0.3) is 6.08 Å². The maximum Gasteiger partial charge on any atom is 0.344 e. The molecule has 0 saturated heterocycles. The molecule has 0 spiro atoms. The fraction of sp³-hybridized carbons (Fsp3) is 0.111. The molecule has 0 fully saturated rings. The topological polar surface area (TPSA) is 102 Å². The van der Waals surface area contributed by atoms with Gasteiger partial charge in [0, 0.05) is 17.7 Å². The Balaban J connectivity index is 2.32. The van der Waals surface area contributed by atoms with Crippen LogP contribution in [0.1, 0.15) is 21.5 Å². The van der Waals surface area contributed by atoms with Gasteiger partial charge in [-0.15, -0.1) is 0 Å². The molecule has 0 saturated carbocycles. The number of carbonyl (C=O) groups is 1. The number of methoxy groups -OCH3 is 1. The van der Waals surface area contributed by atoms with Crippen LogP contribution in [0, 0.1) is 28.4 Å². The number of ether oxygens (including phenoxy) is 2. The highest BCUT2D eigenvalue weighted by molar-refractivity contribution is 5.94. The SMILES string of the molecule is COc1cc(/C=C\C#N)ccc1OC(=O)c1cccc([N+](=O)[O-])c1C. The van der Waals surface area contributed by atoms with Crippen molar-refractivity contribution in [1.29, 1.82) is 5.26 Å². The van der Waals surface area contributed by atoms with Gasteiger partial charge in [0.05, 0.1) is 23.7 Å². The zero-order chi connectivity index (χ0) is 18.4. The van der Waals surface area contributed by atoms with Gasteiger partial charge in [0.2, 0.25) is 0 Å². The number of nitro groups is 1. The number of allylic oxidation sites excluding steroid dienone is 1. The van der Waals surface area contributed by atoms with E-state index in [1.807, 2.05) is 6.07 Å². The molecule has 0 aromatic heterocycles. The summed E-state index contributed by atoms with van der Waals surface area (Å²) < 4.78 is 10.5. The third kappa shape index (κ3) is 4.00. The van der Waals surface area contributed by atoms with E-state index in [0.717, 1.165) is 0 Å². The number of hydrogen-bond donors (Lipinski definition) is 0.